The molecule has 0 aromatic heterocycles. The van der Waals surface area contributed by atoms with Gasteiger partial charge in [-0.2, -0.15) is 0 Å². The van der Waals surface area contributed by atoms with E-state index in [4.69, 9.17) is 21.1 Å². The van der Waals surface area contributed by atoms with Gasteiger partial charge in [0.25, 0.3) is 0 Å². The summed E-state index contributed by atoms with van der Waals surface area (Å²) in [4.78, 5) is 0. The molecule has 0 radical (unpaired) electrons. The molecule has 5 heteroatoms. The van der Waals surface area contributed by atoms with Crippen LogP contribution in [0.1, 0.15) is 16.7 Å². The van der Waals surface area contributed by atoms with Crippen LogP contribution >= 0.6 is 27.5 Å². The number of hydrogen-bond acceptors (Lipinski definition) is 3. The molecule has 0 aliphatic carbocycles. The third-order valence-corrected chi connectivity index (χ3v) is 4.34. The maximum Gasteiger partial charge on any atom is 0.138 e. The van der Waals surface area contributed by atoms with Crippen LogP contribution in [0.15, 0.2) is 34.8 Å². The molecule has 2 aromatic rings. The van der Waals surface area contributed by atoms with E-state index in [1.54, 1.807) is 0 Å². The average Bonchev–Trinajstić information content (AvgIpc) is 2.49. The molecule has 0 aliphatic rings. The topological polar surface area (TPSA) is 30.5 Å². The lowest BCUT2D eigenvalue weighted by Crippen LogP contribution is -2.12. The maximum atomic E-state index is 6.09. The van der Waals surface area contributed by atoms with Crippen molar-refractivity contribution in [3.8, 4) is 11.5 Å². The van der Waals surface area contributed by atoms with Gasteiger partial charge in [0.15, 0.2) is 0 Å². The first kappa shape index (κ1) is 18.1. The van der Waals surface area contributed by atoms with Crippen molar-refractivity contribution in [3.63, 3.8) is 0 Å². The second-order valence-electron chi connectivity index (χ2n) is 5.35. The molecule has 0 saturated heterocycles. The Balaban J connectivity index is 1.94. The molecule has 0 amide bonds. The van der Waals surface area contributed by atoms with Crippen molar-refractivity contribution < 1.29 is 9.47 Å². The molecule has 0 fully saturated rings. The van der Waals surface area contributed by atoms with Crippen molar-refractivity contribution in [1.82, 2.24) is 5.32 Å². The van der Waals surface area contributed by atoms with Crippen molar-refractivity contribution in [3.05, 3.63) is 56.5 Å². The van der Waals surface area contributed by atoms with Gasteiger partial charge in [-0.3, -0.25) is 0 Å². The molecule has 0 saturated carbocycles. The number of nitrogens with one attached hydrogen (secondary N) is 1. The van der Waals surface area contributed by atoms with E-state index in [0.29, 0.717) is 24.8 Å². The summed E-state index contributed by atoms with van der Waals surface area (Å²) in [5.41, 5.74) is 3.49. The summed E-state index contributed by atoms with van der Waals surface area (Å²) in [6, 6.07) is 9.82. The Kier molecular flexibility index (Phi) is 6.75. The Labute approximate surface area is 151 Å². The Morgan fingerprint density at radius 1 is 1.04 bits per heavy atom. The summed E-state index contributed by atoms with van der Waals surface area (Å²) < 4.78 is 12.5. The Morgan fingerprint density at radius 3 is 2.48 bits per heavy atom. The van der Waals surface area contributed by atoms with E-state index in [-0.39, 0.29) is 0 Å². The predicted octanol–water partition coefficient (Wildman–Crippen LogP) is 4.90. The van der Waals surface area contributed by atoms with Crippen molar-refractivity contribution in [1.29, 1.82) is 0 Å². The molecule has 2 aromatic carbocycles. The van der Waals surface area contributed by atoms with Gasteiger partial charge in [0.2, 0.25) is 0 Å². The van der Waals surface area contributed by atoms with Gasteiger partial charge in [0, 0.05) is 17.1 Å². The summed E-state index contributed by atoms with van der Waals surface area (Å²) >= 11 is 9.59. The number of benzene rings is 2. The highest BCUT2D eigenvalue weighted by atomic mass is 79.9. The number of ether oxygens (including phenoxy) is 2. The van der Waals surface area contributed by atoms with Crippen molar-refractivity contribution in [2.45, 2.75) is 20.4 Å². The van der Waals surface area contributed by atoms with Crippen LogP contribution in [-0.2, 0) is 6.54 Å². The Morgan fingerprint density at radius 2 is 1.78 bits per heavy atom. The zero-order chi connectivity index (χ0) is 16.8. The molecular weight excluding hydrogens is 378 g/mol. The van der Waals surface area contributed by atoms with Gasteiger partial charge < -0.3 is 14.8 Å². The number of rotatable bonds is 7. The Hall–Kier alpha value is -1.23. The fourth-order valence-corrected chi connectivity index (χ4v) is 3.19. The summed E-state index contributed by atoms with van der Waals surface area (Å²) in [7, 11) is 1.89. The maximum absolute atomic E-state index is 6.09. The van der Waals surface area contributed by atoms with Gasteiger partial charge in [0.05, 0.1) is 4.47 Å². The standard InChI is InChI=1S/C18H21BrClNO2/c1-12-4-5-16(8-13(12)2)22-6-7-23-18-14(11-21-3)9-15(20)10-17(18)19/h4-5,8-10,21H,6-7,11H2,1-3H3. The molecular formula is C18H21BrClNO2. The lowest BCUT2D eigenvalue weighted by Gasteiger charge is -2.14. The minimum absolute atomic E-state index is 0.462. The highest BCUT2D eigenvalue weighted by Crippen LogP contribution is 2.32. The first-order chi connectivity index (χ1) is 11.0. The molecule has 0 heterocycles. The van der Waals surface area contributed by atoms with E-state index >= 15 is 0 Å². The van der Waals surface area contributed by atoms with Crippen LogP contribution < -0.4 is 14.8 Å². The van der Waals surface area contributed by atoms with Gasteiger partial charge in [-0.05, 0) is 72.2 Å². The quantitative estimate of drug-likeness (QED) is 0.673. The second-order valence-corrected chi connectivity index (χ2v) is 6.64. The predicted molar refractivity (Wildman–Crippen MR) is 98.8 cm³/mol. The summed E-state index contributed by atoms with van der Waals surface area (Å²) in [5, 5.41) is 3.80. The summed E-state index contributed by atoms with van der Waals surface area (Å²) in [6.45, 7) is 5.80. The average molecular weight is 399 g/mol. The van der Waals surface area contributed by atoms with E-state index in [9.17, 15) is 0 Å². The normalized spacial score (nSPS) is 10.7. The Bertz CT molecular complexity index is 676. The zero-order valence-corrected chi connectivity index (χ0v) is 15.9. The zero-order valence-electron chi connectivity index (χ0n) is 13.6. The molecule has 0 bridgehead atoms. The van der Waals surface area contributed by atoms with Gasteiger partial charge in [0.1, 0.15) is 24.7 Å². The first-order valence-corrected chi connectivity index (χ1v) is 8.63. The van der Waals surface area contributed by atoms with E-state index in [2.05, 4.69) is 41.2 Å². The number of aryl methyl sites for hydroxylation is 2. The molecule has 2 rings (SSSR count). The first-order valence-electron chi connectivity index (χ1n) is 7.46. The largest absolute Gasteiger partial charge is 0.490 e. The van der Waals surface area contributed by atoms with Crippen molar-refractivity contribution in [2.24, 2.45) is 0 Å². The molecule has 23 heavy (non-hydrogen) atoms. The fraction of sp³-hybridized carbons (Fsp3) is 0.333. The summed E-state index contributed by atoms with van der Waals surface area (Å²) in [6.07, 6.45) is 0. The van der Waals surface area contributed by atoms with E-state index in [1.165, 1.54) is 11.1 Å². The molecule has 0 unspecified atom stereocenters. The van der Waals surface area contributed by atoms with Crippen LogP contribution in [0.5, 0.6) is 11.5 Å². The molecule has 3 nitrogen and oxygen atoms in total. The van der Waals surface area contributed by atoms with E-state index < -0.39 is 0 Å². The highest BCUT2D eigenvalue weighted by molar-refractivity contribution is 9.10. The SMILES string of the molecule is CNCc1cc(Cl)cc(Br)c1OCCOc1ccc(C)c(C)c1. The highest BCUT2D eigenvalue weighted by Gasteiger charge is 2.10. The molecule has 124 valence electrons. The fourth-order valence-electron chi connectivity index (χ4n) is 2.20. The van der Waals surface area contributed by atoms with E-state index in [0.717, 1.165) is 21.5 Å². The van der Waals surface area contributed by atoms with Gasteiger partial charge >= 0.3 is 0 Å². The molecule has 0 atom stereocenters. The van der Waals surface area contributed by atoms with Crippen LogP contribution in [-0.4, -0.2) is 20.3 Å². The number of halogens is 2. The third-order valence-electron chi connectivity index (χ3n) is 3.53. The summed E-state index contributed by atoms with van der Waals surface area (Å²) in [5.74, 6) is 1.66. The van der Waals surface area contributed by atoms with Crippen molar-refractivity contribution >= 4 is 27.5 Å². The van der Waals surface area contributed by atoms with Crippen LogP contribution in [0, 0.1) is 13.8 Å². The van der Waals surface area contributed by atoms with Crippen LogP contribution in [0.25, 0.3) is 0 Å². The number of hydrogen-bond donors (Lipinski definition) is 1. The molecule has 0 spiro atoms. The lowest BCUT2D eigenvalue weighted by molar-refractivity contribution is 0.215. The smallest absolute Gasteiger partial charge is 0.138 e. The van der Waals surface area contributed by atoms with Gasteiger partial charge in [-0.15, -0.1) is 0 Å². The van der Waals surface area contributed by atoms with Gasteiger partial charge in [-0.1, -0.05) is 17.7 Å². The van der Waals surface area contributed by atoms with Gasteiger partial charge in [-0.25, -0.2) is 0 Å². The third kappa shape index (κ3) is 5.13. The van der Waals surface area contributed by atoms with Crippen molar-refractivity contribution in [2.75, 3.05) is 20.3 Å². The molecule has 1 N–H and O–H groups in total. The minimum Gasteiger partial charge on any atom is -0.490 e. The lowest BCUT2D eigenvalue weighted by atomic mass is 10.1. The molecule has 0 aliphatic heterocycles. The second kappa shape index (κ2) is 8.57. The van der Waals surface area contributed by atoms with Crippen LogP contribution in [0.3, 0.4) is 0 Å². The van der Waals surface area contributed by atoms with E-state index in [1.807, 2.05) is 31.3 Å². The minimum atomic E-state index is 0.462. The monoisotopic (exact) mass is 397 g/mol. The van der Waals surface area contributed by atoms with Crippen LogP contribution in [0.2, 0.25) is 5.02 Å². The van der Waals surface area contributed by atoms with Crippen LogP contribution in [0.4, 0.5) is 0 Å².